The fraction of sp³-hybridized carbons (Fsp3) is 0.615. The van der Waals surface area contributed by atoms with Crippen LogP contribution in [0.15, 0.2) is 21.7 Å². The second kappa shape index (κ2) is 7.35. The van der Waals surface area contributed by atoms with Crippen LogP contribution < -0.4 is 5.32 Å². The lowest BCUT2D eigenvalue weighted by Gasteiger charge is -2.24. The van der Waals surface area contributed by atoms with Crippen LogP contribution in [0.1, 0.15) is 20.3 Å². The number of thiophene rings is 1. The Morgan fingerprint density at radius 1 is 1.48 bits per heavy atom. The number of hydrogen-bond donors (Lipinski definition) is 2. The highest BCUT2D eigenvalue weighted by atomic mass is 32.2. The van der Waals surface area contributed by atoms with Crippen LogP contribution in [-0.2, 0) is 14.8 Å². The van der Waals surface area contributed by atoms with Crippen molar-refractivity contribution in [3.8, 4) is 0 Å². The van der Waals surface area contributed by atoms with E-state index in [9.17, 15) is 13.2 Å². The molecule has 0 radical (unpaired) electrons. The molecule has 0 aliphatic heterocycles. The predicted molar refractivity (Wildman–Crippen MR) is 82.6 cm³/mol. The number of amides is 1. The molecule has 6 nitrogen and oxygen atoms in total. The Labute approximate surface area is 129 Å². The summed E-state index contributed by atoms with van der Waals surface area (Å²) in [6.07, 6.45) is 0.566. The van der Waals surface area contributed by atoms with Crippen molar-refractivity contribution >= 4 is 27.3 Å². The van der Waals surface area contributed by atoms with Gasteiger partial charge in [0.15, 0.2) is 0 Å². The summed E-state index contributed by atoms with van der Waals surface area (Å²) < 4.78 is 25.6. The highest BCUT2D eigenvalue weighted by Crippen LogP contribution is 2.20. The maximum atomic E-state index is 12.2. The number of hydrogen-bond acceptors (Lipinski definition) is 5. The minimum atomic E-state index is -3.60. The van der Waals surface area contributed by atoms with Crippen LogP contribution in [0, 0.1) is 5.41 Å². The highest BCUT2D eigenvalue weighted by Gasteiger charge is 2.24. The quantitative estimate of drug-likeness (QED) is 0.739. The van der Waals surface area contributed by atoms with Gasteiger partial charge in [-0.05, 0) is 23.3 Å². The number of aliphatic hydroxyl groups is 1. The topological polar surface area (TPSA) is 86.7 Å². The molecule has 1 aromatic rings. The lowest BCUT2D eigenvalue weighted by atomic mass is 9.90. The van der Waals surface area contributed by atoms with Crippen molar-refractivity contribution in [3.05, 3.63) is 17.5 Å². The first-order chi connectivity index (χ1) is 9.69. The predicted octanol–water partition coefficient (Wildman–Crippen LogP) is 0.893. The number of sulfonamides is 1. The number of nitrogens with one attached hydrogen (secondary N) is 1. The molecule has 0 bridgehead atoms. The molecule has 0 saturated heterocycles. The van der Waals surface area contributed by atoms with Gasteiger partial charge in [0.1, 0.15) is 4.21 Å². The molecule has 0 spiro atoms. The van der Waals surface area contributed by atoms with Crippen molar-refractivity contribution in [2.45, 2.75) is 24.5 Å². The monoisotopic (exact) mass is 334 g/mol. The summed E-state index contributed by atoms with van der Waals surface area (Å²) in [5, 5.41) is 13.3. The van der Waals surface area contributed by atoms with Crippen LogP contribution in [0.4, 0.5) is 0 Å². The minimum absolute atomic E-state index is 0.0511. The Kier molecular flexibility index (Phi) is 6.33. The molecule has 0 saturated carbocycles. The first-order valence-electron chi connectivity index (χ1n) is 6.56. The van der Waals surface area contributed by atoms with Gasteiger partial charge in [0, 0.05) is 20.2 Å². The SMILES string of the molecule is CN(CC(=O)NCC(C)(C)CCO)S(=O)(=O)c1cccs1. The number of rotatable bonds is 8. The Morgan fingerprint density at radius 3 is 2.67 bits per heavy atom. The molecular formula is C13H22N2O4S2. The third-order valence-corrected chi connectivity index (χ3v) is 6.26. The van der Waals surface area contributed by atoms with Crippen LogP contribution in [0.3, 0.4) is 0 Å². The zero-order valence-electron chi connectivity index (χ0n) is 12.5. The van der Waals surface area contributed by atoms with Crippen molar-refractivity contribution in [2.75, 3.05) is 26.7 Å². The first-order valence-corrected chi connectivity index (χ1v) is 8.88. The van der Waals surface area contributed by atoms with E-state index in [0.717, 1.165) is 15.6 Å². The summed E-state index contributed by atoms with van der Waals surface area (Å²) in [6, 6.07) is 3.17. The average Bonchev–Trinajstić information content (AvgIpc) is 2.91. The van der Waals surface area contributed by atoms with E-state index in [1.54, 1.807) is 11.4 Å². The fourth-order valence-electron chi connectivity index (χ4n) is 1.64. The number of nitrogens with zero attached hydrogens (tertiary/aromatic N) is 1. The maximum Gasteiger partial charge on any atom is 0.252 e. The molecule has 2 N–H and O–H groups in total. The summed E-state index contributed by atoms with van der Waals surface area (Å²) >= 11 is 1.12. The summed E-state index contributed by atoms with van der Waals surface area (Å²) in [7, 11) is -2.22. The second-order valence-electron chi connectivity index (χ2n) is 5.61. The van der Waals surface area contributed by atoms with Crippen molar-refractivity contribution in [2.24, 2.45) is 5.41 Å². The molecule has 0 aliphatic rings. The van der Waals surface area contributed by atoms with Gasteiger partial charge in [-0.3, -0.25) is 4.79 Å². The third kappa shape index (κ3) is 5.39. The molecule has 120 valence electrons. The molecule has 1 heterocycles. The molecule has 8 heteroatoms. The molecule has 1 aromatic heterocycles. The van der Waals surface area contributed by atoms with E-state index < -0.39 is 10.0 Å². The maximum absolute atomic E-state index is 12.2. The lowest BCUT2D eigenvalue weighted by molar-refractivity contribution is -0.121. The summed E-state index contributed by atoms with van der Waals surface area (Å²) in [6.45, 7) is 4.06. The van der Waals surface area contributed by atoms with Crippen molar-refractivity contribution in [1.82, 2.24) is 9.62 Å². The van der Waals surface area contributed by atoms with E-state index in [-0.39, 0.29) is 28.7 Å². The molecule has 0 aromatic carbocycles. The van der Waals surface area contributed by atoms with Gasteiger partial charge in [0.25, 0.3) is 10.0 Å². The normalized spacial score (nSPS) is 12.6. The molecule has 0 atom stereocenters. The Balaban J connectivity index is 2.55. The van der Waals surface area contributed by atoms with Gasteiger partial charge in [-0.1, -0.05) is 19.9 Å². The molecule has 0 unspecified atom stereocenters. The second-order valence-corrected chi connectivity index (χ2v) is 8.83. The van der Waals surface area contributed by atoms with Gasteiger partial charge in [-0.2, -0.15) is 4.31 Å². The Morgan fingerprint density at radius 2 is 2.14 bits per heavy atom. The van der Waals surface area contributed by atoms with Gasteiger partial charge in [0.05, 0.1) is 6.54 Å². The lowest BCUT2D eigenvalue weighted by Crippen LogP contribution is -2.41. The van der Waals surface area contributed by atoms with Crippen molar-refractivity contribution in [1.29, 1.82) is 0 Å². The van der Waals surface area contributed by atoms with Crippen molar-refractivity contribution < 1.29 is 18.3 Å². The summed E-state index contributed by atoms with van der Waals surface area (Å²) in [4.78, 5) is 11.8. The highest BCUT2D eigenvalue weighted by molar-refractivity contribution is 7.91. The zero-order valence-corrected chi connectivity index (χ0v) is 14.1. The summed E-state index contributed by atoms with van der Waals surface area (Å²) in [5.74, 6) is -0.358. The number of carbonyl (C=O) groups excluding carboxylic acids is 1. The smallest absolute Gasteiger partial charge is 0.252 e. The first kappa shape index (κ1) is 18.1. The van der Waals surface area contributed by atoms with E-state index in [2.05, 4.69) is 5.32 Å². The molecular weight excluding hydrogens is 312 g/mol. The number of aliphatic hydroxyl groups excluding tert-OH is 1. The number of likely N-dealkylation sites (N-methyl/N-ethyl adjacent to an activating group) is 1. The summed E-state index contributed by atoms with van der Waals surface area (Å²) in [5.41, 5.74) is -0.227. The van der Waals surface area contributed by atoms with Crippen LogP contribution in [-0.4, -0.2) is 50.5 Å². The molecule has 0 fully saturated rings. The van der Waals surface area contributed by atoms with Crippen LogP contribution in [0.2, 0.25) is 0 Å². The van der Waals surface area contributed by atoms with E-state index in [0.29, 0.717) is 13.0 Å². The van der Waals surface area contributed by atoms with E-state index >= 15 is 0 Å². The largest absolute Gasteiger partial charge is 0.396 e. The van der Waals surface area contributed by atoms with Gasteiger partial charge in [-0.25, -0.2) is 8.42 Å². The number of carbonyl (C=O) groups is 1. The molecule has 0 aliphatic carbocycles. The van der Waals surface area contributed by atoms with Gasteiger partial charge >= 0.3 is 0 Å². The molecule has 1 amide bonds. The molecule has 21 heavy (non-hydrogen) atoms. The Bertz CT molecular complexity index is 553. The van der Waals surface area contributed by atoms with E-state index in [4.69, 9.17) is 5.11 Å². The van der Waals surface area contributed by atoms with Gasteiger partial charge in [0.2, 0.25) is 5.91 Å². The van der Waals surface area contributed by atoms with Crippen molar-refractivity contribution in [3.63, 3.8) is 0 Å². The van der Waals surface area contributed by atoms with Crippen LogP contribution in [0.25, 0.3) is 0 Å². The standard InChI is InChI=1S/C13H22N2O4S2/c1-13(2,6-7-16)10-14-11(17)9-15(3)21(18,19)12-5-4-8-20-12/h4-5,8,16H,6-7,9-10H2,1-3H3,(H,14,17). The van der Waals surface area contributed by atoms with Crippen LogP contribution in [0.5, 0.6) is 0 Å². The van der Waals surface area contributed by atoms with Gasteiger partial charge < -0.3 is 10.4 Å². The zero-order chi connectivity index (χ0) is 16.1. The van der Waals surface area contributed by atoms with E-state index in [1.165, 1.54) is 13.1 Å². The fourth-order valence-corrected chi connectivity index (χ4v) is 3.96. The minimum Gasteiger partial charge on any atom is -0.396 e. The third-order valence-electron chi connectivity index (χ3n) is 3.08. The Hall–Kier alpha value is -0.960. The van der Waals surface area contributed by atoms with Gasteiger partial charge in [-0.15, -0.1) is 11.3 Å². The van der Waals surface area contributed by atoms with Crippen LogP contribution >= 0.6 is 11.3 Å². The van der Waals surface area contributed by atoms with E-state index in [1.807, 2.05) is 13.8 Å². The average molecular weight is 334 g/mol. The molecule has 1 rings (SSSR count).